The highest BCUT2D eigenvalue weighted by atomic mass is 16.5. The van der Waals surface area contributed by atoms with Crippen LogP contribution in [0.1, 0.15) is 26.6 Å². The Bertz CT molecular complexity index is 1030. The van der Waals surface area contributed by atoms with Crippen molar-refractivity contribution < 1.29 is 9.53 Å². The summed E-state index contributed by atoms with van der Waals surface area (Å²) in [6.45, 7) is 6.11. The fraction of sp³-hybridized carbons (Fsp3) is 0.238. The first-order valence-corrected chi connectivity index (χ1v) is 8.87. The number of Topliss-reactive ketones (excluding diaryl/α,β-unsaturated/α-hetero) is 1. The predicted octanol–water partition coefficient (Wildman–Crippen LogP) is 3.46. The van der Waals surface area contributed by atoms with Gasteiger partial charge in [0.05, 0.1) is 23.3 Å². The van der Waals surface area contributed by atoms with E-state index in [9.17, 15) is 4.79 Å². The predicted molar refractivity (Wildman–Crippen MR) is 106 cm³/mol. The zero-order valence-corrected chi connectivity index (χ0v) is 15.6. The summed E-state index contributed by atoms with van der Waals surface area (Å²) in [7, 11) is 0. The second-order valence-corrected chi connectivity index (χ2v) is 7.55. The van der Waals surface area contributed by atoms with Crippen LogP contribution in [-0.2, 0) is 4.79 Å². The van der Waals surface area contributed by atoms with E-state index in [1.54, 1.807) is 4.90 Å². The molecule has 2 aromatic carbocycles. The summed E-state index contributed by atoms with van der Waals surface area (Å²) in [5, 5.41) is 0. The molecule has 1 aliphatic heterocycles. The molecule has 6 nitrogen and oxygen atoms in total. The molecule has 138 valence electrons. The molecule has 1 aromatic heterocycles. The van der Waals surface area contributed by atoms with E-state index >= 15 is 0 Å². The number of rotatable bonds is 3. The summed E-state index contributed by atoms with van der Waals surface area (Å²) in [6, 6.07) is 15.3. The van der Waals surface area contributed by atoms with Crippen molar-refractivity contribution in [3.8, 4) is 5.75 Å². The number of carbonyl (C=O) groups is 1. The van der Waals surface area contributed by atoms with Gasteiger partial charge in [-0.15, -0.1) is 0 Å². The Balaban J connectivity index is 1.77. The van der Waals surface area contributed by atoms with Crippen LogP contribution in [-0.4, -0.2) is 27.9 Å². The molecule has 0 spiro atoms. The summed E-state index contributed by atoms with van der Waals surface area (Å²) in [4.78, 5) is 22.3. The largest absolute Gasteiger partial charge is 0.486 e. The number of nitrogens with one attached hydrogen (secondary N) is 1. The summed E-state index contributed by atoms with van der Waals surface area (Å²) in [5.74, 6) is 1.49. The van der Waals surface area contributed by atoms with E-state index in [0.29, 0.717) is 23.0 Å². The lowest BCUT2D eigenvalue weighted by molar-refractivity contribution is -0.112. The third-order valence-corrected chi connectivity index (χ3v) is 4.33. The summed E-state index contributed by atoms with van der Waals surface area (Å²) >= 11 is 0. The minimum atomic E-state index is -0.361. The lowest BCUT2D eigenvalue weighted by atomic mass is 10.2. The van der Waals surface area contributed by atoms with Crippen molar-refractivity contribution >= 4 is 28.1 Å². The van der Waals surface area contributed by atoms with Gasteiger partial charge in [0.2, 0.25) is 0 Å². The number of fused-ring (bicyclic) bond motifs is 1. The van der Waals surface area contributed by atoms with Crippen LogP contribution < -0.4 is 15.4 Å². The number of imidazole rings is 1. The Labute approximate surface area is 157 Å². The van der Waals surface area contributed by atoms with Crippen molar-refractivity contribution in [2.45, 2.75) is 26.4 Å². The third-order valence-electron chi connectivity index (χ3n) is 4.33. The van der Waals surface area contributed by atoms with Crippen LogP contribution >= 0.6 is 0 Å². The molecule has 0 unspecified atom stereocenters. The van der Waals surface area contributed by atoms with Crippen molar-refractivity contribution in [1.29, 1.82) is 0 Å². The fourth-order valence-corrected chi connectivity index (χ4v) is 3.22. The van der Waals surface area contributed by atoms with Crippen molar-refractivity contribution in [2.24, 2.45) is 5.73 Å². The number of ketones is 1. The van der Waals surface area contributed by atoms with Crippen molar-refractivity contribution in [1.82, 2.24) is 9.97 Å². The van der Waals surface area contributed by atoms with Gasteiger partial charge in [0.15, 0.2) is 5.78 Å². The topological polar surface area (TPSA) is 84.2 Å². The maximum Gasteiger partial charge on any atom is 0.189 e. The van der Waals surface area contributed by atoms with E-state index in [0.717, 1.165) is 16.7 Å². The number of aromatic amines is 1. The van der Waals surface area contributed by atoms with Gasteiger partial charge in [-0.2, -0.15) is 0 Å². The Morgan fingerprint density at radius 1 is 1.11 bits per heavy atom. The van der Waals surface area contributed by atoms with Crippen molar-refractivity contribution in [3.05, 3.63) is 60.2 Å². The van der Waals surface area contributed by atoms with Gasteiger partial charge >= 0.3 is 0 Å². The van der Waals surface area contributed by atoms with E-state index in [2.05, 4.69) is 9.97 Å². The molecule has 3 N–H and O–H groups in total. The monoisotopic (exact) mass is 362 g/mol. The Morgan fingerprint density at radius 2 is 1.81 bits per heavy atom. The molecule has 0 amide bonds. The van der Waals surface area contributed by atoms with E-state index in [-0.39, 0.29) is 17.9 Å². The molecule has 4 rings (SSSR count). The molecule has 0 atom stereocenters. The molecular formula is C21H22N4O2. The molecule has 1 aliphatic rings. The molecule has 0 saturated heterocycles. The van der Waals surface area contributed by atoms with Crippen LogP contribution in [0, 0.1) is 0 Å². The number of H-pyrrole nitrogens is 1. The molecule has 0 fully saturated rings. The molecular weight excluding hydrogens is 340 g/mol. The van der Waals surface area contributed by atoms with Gasteiger partial charge in [-0.25, -0.2) is 4.98 Å². The summed E-state index contributed by atoms with van der Waals surface area (Å²) < 4.78 is 6.06. The number of nitrogens with zero attached hydrogens (tertiary/aromatic N) is 2. The molecule has 2 heterocycles. The second-order valence-electron chi connectivity index (χ2n) is 7.55. The minimum Gasteiger partial charge on any atom is -0.486 e. The van der Waals surface area contributed by atoms with Gasteiger partial charge < -0.3 is 20.4 Å². The van der Waals surface area contributed by atoms with E-state index in [4.69, 9.17) is 10.5 Å². The van der Waals surface area contributed by atoms with Crippen LogP contribution in [0.3, 0.4) is 0 Å². The van der Waals surface area contributed by atoms with Crippen LogP contribution in [0.5, 0.6) is 5.75 Å². The van der Waals surface area contributed by atoms with Crippen molar-refractivity contribution in [2.75, 3.05) is 11.4 Å². The number of nitrogens with two attached hydrogens (primary N) is 1. The van der Waals surface area contributed by atoms with Crippen LogP contribution in [0.4, 0.5) is 5.69 Å². The molecule has 0 aliphatic carbocycles. The fourth-order valence-electron chi connectivity index (χ4n) is 3.22. The first-order chi connectivity index (χ1) is 12.8. The zero-order valence-electron chi connectivity index (χ0n) is 15.6. The molecule has 3 aromatic rings. The number of ether oxygens (including phenoxy) is 1. The molecule has 0 saturated carbocycles. The quantitative estimate of drug-likeness (QED) is 0.745. The third kappa shape index (κ3) is 3.14. The summed E-state index contributed by atoms with van der Waals surface area (Å²) in [5.41, 5.74) is 8.89. The Hall–Kier alpha value is -3.28. The first-order valence-electron chi connectivity index (χ1n) is 8.87. The van der Waals surface area contributed by atoms with Gasteiger partial charge in [-0.05, 0) is 45.0 Å². The average Bonchev–Trinajstić information content (AvgIpc) is 3.14. The standard InChI is InChI=1S/C21H22N4O2/c1-21(2,3)27-17-11-7-6-10-15(17)25-12-16(26)18(19(25)22)20-23-13-8-4-5-9-14(13)24-20/h4-11H,12,22H2,1-3H3,(H,23,24). The van der Waals surface area contributed by atoms with Gasteiger partial charge in [0.25, 0.3) is 0 Å². The van der Waals surface area contributed by atoms with Crippen LogP contribution in [0.2, 0.25) is 0 Å². The molecule has 0 radical (unpaired) electrons. The van der Waals surface area contributed by atoms with Gasteiger partial charge in [-0.3, -0.25) is 4.79 Å². The van der Waals surface area contributed by atoms with Gasteiger partial charge in [-0.1, -0.05) is 24.3 Å². The lowest BCUT2D eigenvalue weighted by Crippen LogP contribution is -2.28. The van der Waals surface area contributed by atoms with Crippen LogP contribution in [0.15, 0.2) is 54.4 Å². The second kappa shape index (κ2) is 6.16. The Morgan fingerprint density at radius 3 is 2.56 bits per heavy atom. The highest BCUT2D eigenvalue weighted by Gasteiger charge is 2.33. The normalized spacial score (nSPS) is 15.1. The number of carbonyl (C=O) groups excluding carboxylic acids is 1. The maximum absolute atomic E-state index is 12.8. The number of hydrogen-bond acceptors (Lipinski definition) is 5. The van der Waals surface area contributed by atoms with Gasteiger partial charge in [0.1, 0.15) is 28.6 Å². The average molecular weight is 362 g/mol. The SMILES string of the molecule is CC(C)(C)Oc1ccccc1N1CC(=O)C(c2nc3ccccc3[nH]2)=C1N. The maximum atomic E-state index is 12.8. The van der Waals surface area contributed by atoms with E-state index < -0.39 is 0 Å². The van der Waals surface area contributed by atoms with E-state index in [1.807, 2.05) is 69.3 Å². The molecule has 27 heavy (non-hydrogen) atoms. The summed E-state index contributed by atoms with van der Waals surface area (Å²) in [6.07, 6.45) is 0. The Kier molecular flexibility index (Phi) is 3.91. The van der Waals surface area contributed by atoms with Crippen LogP contribution in [0.25, 0.3) is 16.6 Å². The smallest absolute Gasteiger partial charge is 0.189 e. The number of para-hydroxylation sites is 4. The lowest BCUT2D eigenvalue weighted by Gasteiger charge is -2.27. The highest BCUT2D eigenvalue weighted by Crippen LogP contribution is 2.36. The first kappa shape index (κ1) is 17.1. The number of anilines is 1. The number of aromatic nitrogens is 2. The number of benzene rings is 2. The zero-order chi connectivity index (χ0) is 19.2. The minimum absolute atomic E-state index is 0.0721. The van der Waals surface area contributed by atoms with Gasteiger partial charge in [0, 0.05) is 0 Å². The molecule has 0 bridgehead atoms. The number of hydrogen-bond donors (Lipinski definition) is 2. The van der Waals surface area contributed by atoms with E-state index in [1.165, 1.54) is 0 Å². The van der Waals surface area contributed by atoms with Crippen molar-refractivity contribution in [3.63, 3.8) is 0 Å². The highest BCUT2D eigenvalue weighted by molar-refractivity contribution is 6.26. The molecule has 6 heteroatoms.